The van der Waals surface area contributed by atoms with Gasteiger partial charge in [-0.05, 0) is 37.5 Å². The summed E-state index contributed by atoms with van der Waals surface area (Å²) >= 11 is 6.57. The fraction of sp³-hybridized carbons (Fsp3) is 0.435. The van der Waals surface area contributed by atoms with Crippen molar-refractivity contribution in [2.45, 2.75) is 31.7 Å². The van der Waals surface area contributed by atoms with Crippen LogP contribution in [0.3, 0.4) is 0 Å². The highest BCUT2D eigenvalue weighted by Gasteiger charge is 2.36. The lowest BCUT2D eigenvalue weighted by atomic mass is 9.74. The summed E-state index contributed by atoms with van der Waals surface area (Å²) in [6.07, 6.45) is 1.85. The van der Waals surface area contributed by atoms with E-state index < -0.39 is 0 Å². The van der Waals surface area contributed by atoms with E-state index in [9.17, 15) is 0 Å². The number of methoxy groups -OCH3 is 1. The highest BCUT2D eigenvalue weighted by molar-refractivity contribution is 6.31. The van der Waals surface area contributed by atoms with Gasteiger partial charge in [0, 0.05) is 42.3 Å². The number of nitrogens with one attached hydrogen (secondary N) is 2. The number of rotatable bonds is 7. The summed E-state index contributed by atoms with van der Waals surface area (Å²) in [5, 5.41) is 7.71. The van der Waals surface area contributed by atoms with Crippen molar-refractivity contribution in [1.82, 2.24) is 10.6 Å². The molecule has 0 spiro atoms. The molecule has 0 atom stereocenters. The summed E-state index contributed by atoms with van der Waals surface area (Å²) in [4.78, 5) is 4.77. The molecule has 0 aromatic heterocycles. The minimum Gasteiger partial charge on any atom is -0.496 e. The van der Waals surface area contributed by atoms with Crippen LogP contribution in [0.1, 0.15) is 30.9 Å². The molecule has 2 aromatic rings. The van der Waals surface area contributed by atoms with Crippen LogP contribution >= 0.6 is 11.6 Å². The maximum absolute atomic E-state index is 6.57. The van der Waals surface area contributed by atoms with Crippen molar-refractivity contribution in [2.75, 3.05) is 33.4 Å². The van der Waals surface area contributed by atoms with Gasteiger partial charge in [0.25, 0.3) is 0 Å². The summed E-state index contributed by atoms with van der Waals surface area (Å²) in [5.41, 5.74) is 2.16. The molecule has 156 valence electrons. The monoisotopic (exact) mass is 415 g/mol. The normalized spacial score (nSPS) is 16.3. The lowest BCUT2D eigenvalue weighted by Crippen LogP contribution is -2.48. The molecule has 5 nitrogen and oxygen atoms in total. The van der Waals surface area contributed by atoms with Gasteiger partial charge in [0.15, 0.2) is 5.96 Å². The topological polar surface area (TPSA) is 54.9 Å². The van der Waals surface area contributed by atoms with Crippen LogP contribution in [0.5, 0.6) is 5.75 Å². The number of hydrogen-bond acceptors (Lipinski definition) is 3. The van der Waals surface area contributed by atoms with Crippen LogP contribution in [-0.4, -0.2) is 39.4 Å². The van der Waals surface area contributed by atoms with Gasteiger partial charge in [-0.1, -0.05) is 48.0 Å². The lowest BCUT2D eigenvalue weighted by molar-refractivity contribution is 0.0514. The number of guanidine groups is 1. The molecule has 0 aliphatic carbocycles. The van der Waals surface area contributed by atoms with Crippen LogP contribution in [0.15, 0.2) is 53.5 Å². The van der Waals surface area contributed by atoms with E-state index in [0.717, 1.165) is 61.4 Å². The third kappa shape index (κ3) is 5.43. The Hall–Kier alpha value is -2.24. The molecule has 1 aliphatic rings. The molecule has 0 amide bonds. The van der Waals surface area contributed by atoms with E-state index in [1.54, 1.807) is 7.11 Å². The quantitative estimate of drug-likeness (QED) is 0.526. The molecule has 1 heterocycles. The Morgan fingerprint density at radius 2 is 1.83 bits per heavy atom. The zero-order valence-corrected chi connectivity index (χ0v) is 18.0. The molecule has 3 rings (SSSR count). The van der Waals surface area contributed by atoms with Crippen LogP contribution < -0.4 is 15.4 Å². The second-order valence-corrected chi connectivity index (χ2v) is 7.64. The van der Waals surface area contributed by atoms with Gasteiger partial charge in [0.2, 0.25) is 0 Å². The van der Waals surface area contributed by atoms with E-state index in [1.807, 2.05) is 36.4 Å². The number of ether oxygens (including phenoxy) is 2. The summed E-state index contributed by atoms with van der Waals surface area (Å²) in [6, 6.07) is 16.1. The minimum absolute atomic E-state index is 0.0722. The molecule has 2 aromatic carbocycles. The number of para-hydroxylation sites is 1. The smallest absolute Gasteiger partial charge is 0.191 e. The molecule has 6 heteroatoms. The van der Waals surface area contributed by atoms with Gasteiger partial charge in [-0.15, -0.1) is 0 Å². The SMILES string of the molecule is CCNC(=NCc1ccccc1OC)NCC1(c2ccccc2Cl)CCOCC1. The van der Waals surface area contributed by atoms with Crippen molar-refractivity contribution >= 4 is 17.6 Å². The Morgan fingerprint density at radius 3 is 2.55 bits per heavy atom. The van der Waals surface area contributed by atoms with E-state index in [1.165, 1.54) is 5.56 Å². The molecule has 1 saturated heterocycles. The van der Waals surface area contributed by atoms with E-state index in [4.69, 9.17) is 26.1 Å². The predicted molar refractivity (Wildman–Crippen MR) is 119 cm³/mol. The van der Waals surface area contributed by atoms with Crippen molar-refractivity contribution in [3.8, 4) is 5.75 Å². The fourth-order valence-corrected chi connectivity index (χ4v) is 4.12. The number of nitrogens with zero attached hydrogens (tertiary/aromatic N) is 1. The van der Waals surface area contributed by atoms with Crippen molar-refractivity contribution in [1.29, 1.82) is 0 Å². The minimum atomic E-state index is -0.0722. The average molecular weight is 416 g/mol. The predicted octanol–water partition coefficient (Wildman–Crippen LogP) is 4.15. The van der Waals surface area contributed by atoms with Gasteiger partial charge < -0.3 is 20.1 Å². The van der Waals surface area contributed by atoms with Gasteiger partial charge in [0.05, 0.1) is 13.7 Å². The average Bonchev–Trinajstić information content (AvgIpc) is 2.77. The third-order valence-corrected chi connectivity index (χ3v) is 5.76. The van der Waals surface area contributed by atoms with Crippen LogP contribution in [-0.2, 0) is 16.7 Å². The Balaban J connectivity index is 1.77. The zero-order chi connectivity index (χ0) is 20.5. The summed E-state index contributed by atoms with van der Waals surface area (Å²) in [6.45, 7) is 5.63. The molecular formula is C23H30ClN3O2. The number of halogens is 1. The molecule has 0 bridgehead atoms. The first kappa shape index (κ1) is 21.5. The van der Waals surface area contributed by atoms with Gasteiger partial charge in [0.1, 0.15) is 5.75 Å². The first-order valence-electron chi connectivity index (χ1n) is 10.2. The van der Waals surface area contributed by atoms with E-state index in [0.29, 0.717) is 6.54 Å². The van der Waals surface area contributed by atoms with Crippen molar-refractivity contribution < 1.29 is 9.47 Å². The highest BCUT2D eigenvalue weighted by Crippen LogP contribution is 2.38. The number of hydrogen-bond donors (Lipinski definition) is 2. The van der Waals surface area contributed by atoms with Crippen molar-refractivity contribution in [3.05, 3.63) is 64.7 Å². The highest BCUT2D eigenvalue weighted by atomic mass is 35.5. The summed E-state index contributed by atoms with van der Waals surface area (Å²) in [7, 11) is 1.69. The molecule has 2 N–H and O–H groups in total. The summed E-state index contributed by atoms with van der Waals surface area (Å²) < 4.78 is 11.1. The third-order valence-electron chi connectivity index (χ3n) is 5.43. The van der Waals surface area contributed by atoms with Gasteiger partial charge >= 0.3 is 0 Å². The molecule has 29 heavy (non-hydrogen) atoms. The second-order valence-electron chi connectivity index (χ2n) is 7.23. The first-order chi connectivity index (χ1) is 14.2. The van der Waals surface area contributed by atoms with E-state index in [-0.39, 0.29) is 5.41 Å². The van der Waals surface area contributed by atoms with Crippen LogP contribution in [0.2, 0.25) is 5.02 Å². The standard InChI is InChI=1S/C23H30ClN3O2/c1-3-25-22(26-16-18-8-4-7-11-21(18)28-2)27-17-23(12-14-29-15-13-23)19-9-5-6-10-20(19)24/h4-11H,3,12-17H2,1-2H3,(H2,25,26,27). The zero-order valence-electron chi connectivity index (χ0n) is 17.2. The van der Waals surface area contributed by atoms with E-state index >= 15 is 0 Å². The van der Waals surface area contributed by atoms with Crippen LogP contribution in [0, 0.1) is 0 Å². The summed E-state index contributed by atoms with van der Waals surface area (Å²) in [5.74, 6) is 1.64. The van der Waals surface area contributed by atoms with E-state index in [2.05, 4.69) is 29.7 Å². The van der Waals surface area contributed by atoms with Crippen LogP contribution in [0.4, 0.5) is 0 Å². The van der Waals surface area contributed by atoms with Gasteiger partial charge in [-0.3, -0.25) is 0 Å². The molecule has 1 aliphatic heterocycles. The van der Waals surface area contributed by atoms with Crippen molar-refractivity contribution in [2.24, 2.45) is 4.99 Å². The molecular weight excluding hydrogens is 386 g/mol. The Bertz CT molecular complexity index is 819. The van der Waals surface area contributed by atoms with Gasteiger partial charge in [-0.2, -0.15) is 0 Å². The molecule has 0 saturated carbocycles. The Kier molecular flexibility index (Phi) is 7.78. The van der Waals surface area contributed by atoms with Crippen LogP contribution in [0.25, 0.3) is 0 Å². The fourth-order valence-electron chi connectivity index (χ4n) is 3.79. The molecule has 1 fully saturated rings. The molecule has 0 radical (unpaired) electrons. The maximum Gasteiger partial charge on any atom is 0.191 e. The lowest BCUT2D eigenvalue weighted by Gasteiger charge is -2.38. The first-order valence-corrected chi connectivity index (χ1v) is 10.5. The Morgan fingerprint density at radius 1 is 1.10 bits per heavy atom. The second kappa shape index (κ2) is 10.5. The van der Waals surface area contributed by atoms with Crippen molar-refractivity contribution in [3.63, 3.8) is 0 Å². The number of aliphatic imine (C=N–C) groups is 1. The largest absolute Gasteiger partial charge is 0.496 e. The molecule has 0 unspecified atom stereocenters. The van der Waals surface area contributed by atoms with Gasteiger partial charge in [-0.25, -0.2) is 4.99 Å². The number of benzene rings is 2. The Labute approximate surface area is 178 Å². The maximum atomic E-state index is 6.57.